The number of hydrogen-bond acceptors (Lipinski definition) is 0. The standard InChI is InChI=1S/2C5H5.2C4H10N.Zr/c2*1-2-4-5-3-1;2*1-3-5-4-2;/h2*1-5H;2*3-4H2,1-2H3;/q4*-1;+4. The van der Waals surface area contributed by atoms with E-state index < -0.39 is 0 Å². The van der Waals surface area contributed by atoms with E-state index in [-0.39, 0.29) is 26.2 Å². The van der Waals surface area contributed by atoms with Gasteiger partial charge in [0.25, 0.3) is 0 Å². The summed E-state index contributed by atoms with van der Waals surface area (Å²) in [6.45, 7) is 12.1. The Morgan fingerprint density at radius 1 is 0.571 bits per heavy atom. The van der Waals surface area contributed by atoms with E-state index in [1.165, 1.54) is 0 Å². The third-order valence-electron chi connectivity index (χ3n) is 2.01. The molecule has 0 spiro atoms. The van der Waals surface area contributed by atoms with Crippen LogP contribution in [0.2, 0.25) is 0 Å². The molecule has 2 aromatic carbocycles. The summed E-state index contributed by atoms with van der Waals surface area (Å²) < 4.78 is 0. The van der Waals surface area contributed by atoms with E-state index in [1.54, 1.807) is 0 Å². The number of rotatable bonds is 4. The Kier molecular flexibility index (Phi) is 33.7. The second-order valence-corrected chi connectivity index (χ2v) is 3.64. The summed E-state index contributed by atoms with van der Waals surface area (Å²) in [7, 11) is 0. The molecule has 3 heteroatoms. The van der Waals surface area contributed by atoms with Crippen molar-refractivity contribution in [2.45, 2.75) is 27.7 Å². The molecule has 0 aliphatic rings. The van der Waals surface area contributed by atoms with Crippen molar-refractivity contribution >= 4 is 0 Å². The Hall–Kier alpha value is -0.497. The molecule has 0 heterocycles. The fourth-order valence-electron chi connectivity index (χ4n) is 1.09. The zero-order valence-corrected chi connectivity index (χ0v) is 16.5. The molecular formula is C18H30N2Zr. The molecule has 0 amide bonds. The van der Waals surface area contributed by atoms with Crippen molar-refractivity contribution in [3.8, 4) is 0 Å². The molecule has 0 aliphatic heterocycles. The van der Waals surface area contributed by atoms with E-state index in [0.29, 0.717) is 0 Å². The summed E-state index contributed by atoms with van der Waals surface area (Å²) in [5, 5.41) is 7.94. The third-order valence-corrected chi connectivity index (χ3v) is 2.01. The van der Waals surface area contributed by atoms with Crippen molar-refractivity contribution in [3.05, 3.63) is 71.3 Å². The molecule has 0 aliphatic carbocycles. The molecule has 0 fully saturated rings. The molecule has 0 aromatic heterocycles. The van der Waals surface area contributed by atoms with E-state index in [4.69, 9.17) is 0 Å². The second-order valence-electron chi connectivity index (χ2n) is 3.64. The molecule has 0 bridgehead atoms. The van der Waals surface area contributed by atoms with Gasteiger partial charge in [0.2, 0.25) is 0 Å². The van der Waals surface area contributed by atoms with Gasteiger partial charge in [-0.2, -0.15) is 62.6 Å². The molecule has 0 N–H and O–H groups in total. The normalized spacial score (nSPS) is 7.81. The van der Waals surface area contributed by atoms with Crippen LogP contribution in [0, 0.1) is 0 Å². The van der Waals surface area contributed by atoms with Crippen molar-refractivity contribution in [3.63, 3.8) is 0 Å². The van der Waals surface area contributed by atoms with Crippen LogP contribution in [0.25, 0.3) is 10.6 Å². The zero-order chi connectivity index (χ0) is 15.3. The van der Waals surface area contributed by atoms with Gasteiger partial charge in [0, 0.05) is 0 Å². The van der Waals surface area contributed by atoms with Crippen LogP contribution in [0.15, 0.2) is 60.7 Å². The summed E-state index contributed by atoms with van der Waals surface area (Å²) in [5.41, 5.74) is 0. The SMILES string of the molecule is CC[N-]CC.CC[N-]CC.[Zr+4].c1cc[cH-]c1.c1cc[cH-]c1. The quantitative estimate of drug-likeness (QED) is 0.630. The van der Waals surface area contributed by atoms with Crippen LogP contribution in [0.5, 0.6) is 0 Å². The predicted octanol–water partition coefficient (Wildman–Crippen LogP) is 5.61. The van der Waals surface area contributed by atoms with Gasteiger partial charge < -0.3 is 10.6 Å². The molecular weight excluding hydrogens is 335 g/mol. The zero-order valence-electron chi connectivity index (χ0n) is 14.0. The maximum atomic E-state index is 3.97. The molecule has 0 unspecified atom stereocenters. The maximum absolute atomic E-state index is 3.97. The van der Waals surface area contributed by atoms with E-state index in [0.717, 1.165) is 26.2 Å². The van der Waals surface area contributed by atoms with Gasteiger partial charge in [-0.3, -0.25) is 0 Å². The Balaban J connectivity index is -0.000000202. The molecule has 0 saturated carbocycles. The first kappa shape index (κ1) is 25.5. The first-order valence-electron chi connectivity index (χ1n) is 7.43. The van der Waals surface area contributed by atoms with Crippen LogP contribution in [0.3, 0.4) is 0 Å². The van der Waals surface area contributed by atoms with Gasteiger partial charge in [0.05, 0.1) is 0 Å². The maximum Gasteiger partial charge on any atom is 4.00 e. The van der Waals surface area contributed by atoms with Crippen LogP contribution < -0.4 is 0 Å². The topological polar surface area (TPSA) is 28.2 Å². The smallest absolute Gasteiger partial charge is 0.663 e. The molecule has 2 aromatic rings. The summed E-state index contributed by atoms with van der Waals surface area (Å²) in [4.78, 5) is 0. The van der Waals surface area contributed by atoms with Crippen molar-refractivity contribution in [1.29, 1.82) is 0 Å². The molecule has 0 atom stereocenters. The Morgan fingerprint density at radius 3 is 0.857 bits per heavy atom. The van der Waals surface area contributed by atoms with Crippen LogP contribution in [-0.2, 0) is 26.2 Å². The summed E-state index contributed by atoms with van der Waals surface area (Å²) in [6, 6.07) is 20.0. The van der Waals surface area contributed by atoms with Crippen molar-refractivity contribution in [2.24, 2.45) is 0 Å². The average Bonchev–Trinajstić information content (AvgIpc) is 3.20. The summed E-state index contributed by atoms with van der Waals surface area (Å²) in [5.74, 6) is 0. The fourth-order valence-corrected chi connectivity index (χ4v) is 1.09. The van der Waals surface area contributed by atoms with Gasteiger partial charge >= 0.3 is 26.2 Å². The third kappa shape index (κ3) is 32.8. The monoisotopic (exact) mass is 364 g/mol. The summed E-state index contributed by atoms with van der Waals surface area (Å²) >= 11 is 0. The molecule has 21 heavy (non-hydrogen) atoms. The molecule has 2 nitrogen and oxygen atoms in total. The van der Waals surface area contributed by atoms with Crippen molar-refractivity contribution < 1.29 is 26.2 Å². The Bertz CT molecular complexity index is 220. The van der Waals surface area contributed by atoms with E-state index in [1.807, 2.05) is 88.4 Å². The number of hydrogen-bond donors (Lipinski definition) is 0. The van der Waals surface area contributed by atoms with Crippen molar-refractivity contribution in [2.75, 3.05) is 26.2 Å². The average molecular weight is 366 g/mol. The fraction of sp³-hybridized carbons (Fsp3) is 0.444. The molecule has 116 valence electrons. The minimum absolute atomic E-state index is 0. The van der Waals surface area contributed by atoms with Gasteiger partial charge in [-0.15, -0.1) is 0 Å². The predicted molar refractivity (Wildman–Crippen MR) is 93.0 cm³/mol. The minimum atomic E-state index is 0. The first-order chi connectivity index (χ1) is 9.83. The van der Waals surface area contributed by atoms with E-state index in [9.17, 15) is 0 Å². The van der Waals surface area contributed by atoms with Gasteiger partial charge in [-0.25, -0.2) is 24.3 Å². The molecule has 2 rings (SSSR count). The van der Waals surface area contributed by atoms with Gasteiger partial charge in [0.15, 0.2) is 0 Å². The van der Waals surface area contributed by atoms with Gasteiger partial charge in [-0.1, -0.05) is 27.7 Å². The first-order valence-corrected chi connectivity index (χ1v) is 7.43. The van der Waals surface area contributed by atoms with Crippen molar-refractivity contribution in [1.82, 2.24) is 0 Å². The largest absolute Gasteiger partial charge is 4.00 e. The Morgan fingerprint density at radius 2 is 0.810 bits per heavy atom. The molecule has 0 saturated heterocycles. The van der Waals surface area contributed by atoms with Gasteiger partial charge in [0.1, 0.15) is 0 Å². The number of nitrogens with zero attached hydrogens (tertiary/aromatic N) is 2. The summed E-state index contributed by atoms with van der Waals surface area (Å²) in [6.07, 6.45) is 0. The Labute approximate surface area is 151 Å². The van der Waals surface area contributed by atoms with Crippen LogP contribution in [-0.4, -0.2) is 26.2 Å². The van der Waals surface area contributed by atoms with E-state index in [2.05, 4.69) is 10.6 Å². The van der Waals surface area contributed by atoms with Crippen LogP contribution in [0.1, 0.15) is 27.7 Å². The molecule has 0 radical (unpaired) electrons. The minimum Gasteiger partial charge on any atom is -0.663 e. The van der Waals surface area contributed by atoms with Crippen LogP contribution >= 0.6 is 0 Å². The second kappa shape index (κ2) is 27.8. The van der Waals surface area contributed by atoms with E-state index >= 15 is 0 Å². The van der Waals surface area contributed by atoms with Crippen LogP contribution in [0.4, 0.5) is 0 Å². The van der Waals surface area contributed by atoms with Gasteiger partial charge in [-0.05, 0) is 0 Å².